The van der Waals surface area contributed by atoms with Crippen LogP contribution in [-0.4, -0.2) is 28.3 Å². The molecule has 4 heteroatoms. The van der Waals surface area contributed by atoms with Crippen molar-refractivity contribution >= 4 is 22.2 Å². The zero-order chi connectivity index (χ0) is 8.48. The third-order valence-corrected chi connectivity index (χ3v) is 5.86. The summed E-state index contributed by atoms with van der Waals surface area (Å²) >= 11 is -2.13. The van der Waals surface area contributed by atoms with E-state index in [-0.39, 0.29) is 5.82 Å². The summed E-state index contributed by atoms with van der Waals surface area (Å²) < 4.78 is 13.2. The summed E-state index contributed by atoms with van der Waals surface area (Å²) in [5.74, 6) is -0.357. The van der Waals surface area contributed by atoms with Crippen molar-refractivity contribution in [2.24, 2.45) is 0 Å². The van der Waals surface area contributed by atoms with Gasteiger partial charge in [0.1, 0.15) is 0 Å². The van der Waals surface area contributed by atoms with Gasteiger partial charge in [-0.1, -0.05) is 0 Å². The first-order valence-corrected chi connectivity index (χ1v) is 13.5. The Hall–Kier alpha value is -0.191. The van der Waals surface area contributed by atoms with E-state index in [2.05, 4.69) is 24.8 Å². The summed E-state index contributed by atoms with van der Waals surface area (Å²) in [5.41, 5.74) is 0. The molecule has 0 amide bonds. The van der Waals surface area contributed by atoms with Gasteiger partial charge in [0.2, 0.25) is 0 Å². The molecule has 1 rings (SSSR count). The standard InChI is InChI=1S/C4H2FN2.3CH3.Sn/c5-4-1-6-3-7-2-4;;;;/h1-2H;3*1H3;. The molecule has 0 N–H and O–H groups in total. The Morgan fingerprint density at radius 2 is 1.64 bits per heavy atom. The molecular weight excluding hydrogens is 250 g/mol. The number of nitrogens with zero attached hydrogens (tertiary/aromatic N) is 2. The van der Waals surface area contributed by atoms with Gasteiger partial charge in [-0.2, -0.15) is 0 Å². The predicted octanol–water partition coefficient (Wildman–Crippen LogP) is 1.16. The van der Waals surface area contributed by atoms with Crippen LogP contribution in [0.15, 0.2) is 12.4 Å². The first-order chi connectivity index (χ1) is 5.00. The first kappa shape index (κ1) is 8.90. The predicted molar refractivity (Wildman–Crippen MR) is 45.0 cm³/mol. The van der Waals surface area contributed by atoms with Crippen molar-refractivity contribution < 1.29 is 4.39 Å². The van der Waals surface area contributed by atoms with Gasteiger partial charge in [0.15, 0.2) is 0 Å². The zero-order valence-corrected chi connectivity index (χ0v) is 9.78. The molecule has 0 spiro atoms. The number of aromatic nitrogens is 2. The van der Waals surface area contributed by atoms with Crippen molar-refractivity contribution in [2.75, 3.05) is 0 Å². The molecule has 1 aromatic rings. The fourth-order valence-electron chi connectivity index (χ4n) is 0.700. The third-order valence-electron chi connectivity index (χ3n) is 1.29. The Morgan fingerprint density at radius 1 is 1.18 bits per heavy atom. The average molecular weight is 261 g/mol. The molecule has 0 saturated heterocycles. The van der Waals surface area contributed by atoms with E-state index in [9.17, 15) is 4.39 Å². The summed E-state index contributed by atoms with van der Waals surface area (Å²) in [6.07, 6.45) is 2.48. The normalized spacial score (nSPS) is 11.6. The Morgan fingerprint density at radius 3 is 2.00 bits per heavy atom. The third kappa shape index (κ3) is 2.39. The van der Waals surface area contributed by atoms with Gasteiger partial charge in [-0.05, 0) is 0 Å². The van der Waals surface area contributed by atoms with E-state index >= 15 is 0 Å². The molecule has 0 aliphatic carbocycles. The monoisotopic (exact) mass is 262 g/mol. The van der Waals surface area contributed by atoms with Crippen LogP contribution in [0.25, 0.3) is 0 Å². The summed E-state index contributed by atoms with van der Waals surface area (Å²) in [4.78, 5) is 14.5. The van der Waals surface area contributed by atoms with Crippen molar-refractivity contribution in [3.05, 3.63) is 18.2 Å². The molecule has 0 atom stereocenters. The minimum absolute atomic E-state index is 0.357. The first-order valence-electron chi connectivity index (χ1n) is 3.48. The SMILES string of the molecule is [CH3][Sn]([CH3])([CH3])[c]1ncc(F)cn1. The van der Waals surface area contributed by atoms with Crippen LogP contribution >= 0.6 is 0 Å². The molecule has 0 unspecified atom stereocenters. The molecule has 1 aromatic heterocycles. The topological polar surface area (TPSA) is 25.8 Å². The molecule has 60 valence electrons. The summed E-state index contributed by atoms with van der Waals surface area (Å²) in [5, 5.41) is 0. The van der Waals surface area contributed by atoms with Crippen LogP contribution in [0.2, 0.25) is 14.8 Å². The van der Waals surface area contributed by atoms with Crippen molar-refractivity contribution in [1.82, 2.24) is 9.97 Å². The Kier molecular flexibility index (Phi) is 2.46. The quantitative estimate of drug-likeness (QED) is 0.709. The molecule has 0 aliphatic rings. The molecule has 1 heterocycles. The second-order valence-electron chi connectivity index (χ2n) is 3.47. The molecule has 0 fully saturated rings. The second kappa shape index (κ2) is 3.05. The van der Waals surface area contributed by atoms with Crippen molar-refractivity contribution in [1.29, 1.82) is 0 Å². The van der Waals surface area contributed by atoms with Crippen LogP contribution in [0.5, 0.6) is 0 Å². The fraction of sp³-hybridized carbons (Fsp3) is 0.429. The second-order valence-corrected chi connectivity index (χ2v) is 17.6. The molecule has 11 heavy (non-hydrogen) atoms. The van der Waals surface area contributed by atoms with Gasteiger partial charge in [0, 0.05) is 0 Å². The van der Waals surface area contributed by atoms with E-state index in [0.29, 0.717) is 0 Å². The van der Waals surface area contributed by atoms with Gasteiger partial charge in [0.05, 0.1) is 0 Å². The molecule has 0 saturated carbocycles. The van der Waals surface area contributed by atoms with Gasteiger partial charge >= 0.3 is 69.6 Å². The van der Waals surface area contributed by atoms with Crippen LogP contribution in [0.3, 0.4) is 0 Å². The van der Waals surface area contributed by atoms with Gasteiger partial charge in [-0.15, -0.1) is 0 Å². The fourth-order valence-corrected chi connectivity index (χ4v) is 3.28. The summed E-state index contributed by atoms with van der Waals surface area (Å²) in [6.45, 7) is 0. The number of halogens is 1. The van der Waals surface area contributed by atoms with Gasteiger partial charge < -0.3 is 0 Å². The number of hydrogen-bond donors (Lipinski definition) is 0. The average Bonchev–Trinajstić information content (AvgIpc) is 1.86. The summed E-state index contributed by atoms with van der Waals surface area (Å²) in [6, 6.07) is 0. The molecule has 0 bridgehead atoms. The van der Waals surface area contributed by atoms with Crippen molar-refractivity contribution in [2.45, 2.75) is 14.8 Å². The number of rotatable bonds is 1. The summed E-state index contributed by atoms with van der Waals surface area (Å²) in [7, 11) is 0. The van der Waals surface area contributed by atoms with E-state index < -0.39 is 18.4 Å². The van der Waals surface area contributed by atoms with E-state index in [1.807, 2.05) is 0 Å². The zero-order valence-electron chi connectivity index (χ0n) is 6.93. The van der Waals surface area contributed by atoms with E-state index in [4.69, 9.17) is 0 Å². The molecule has 0 radical (unpaired) electrons. The minimum atomic E-state index is -2.13. The molecule has 0 aromatic carbocycles. The maximum absolute atomic E-state index is 12.4. The van der Waals surface area contributed by atoms with Gasteiger partial charge in [0.25, 0.3) is 0 Å². The molecular formula is C7H11FN2Sn. The van der Waals surface area contributed by atoms with E-state index in [1.165, 1.54) is 12.4 Å². The Bertz CT molecular complexity index is 240. The van der Waals surface area contributed by atoms with Crippen molar-refractivity contribution in [3.8, 4) is 0 Å². The van der Waals surface area contributed by atoms with Crippen LogP contribution < -0.4 is 3.84 Å². The van der Waals surface area contributed by atoms with E-state index in [1.54, 1.807) is 0 Å². The van der Waals surface area contributed by atoms with Crippen LogP contribution in [0.1, 0.15) is 0 Å². The number of hydrogen-bond acceptors (Lipinski definition) is 2. The maximum atomic E-state index is 12.4. The van der Waals surface area contributed by atoms with Crippen LogP contribution in [0.4, 0.5) is 4.39 Å². The van der Waals surface area contributed by atoms with Gasteiger partial charge in [-0.3, -0.25) is 0 Å². The molecule has 0 aliphatic heterocycles. The van der Waals surface area contributed by atoms with Gasteiger partial charge in [-0.25, -0.2) is 0 Å². The van der Waals surface area contributed by atoms with Crippen molar-refractivity contribution in [3.63, 3.8) is 0 Å². The van der Waals surface area contributed by atoms with E-state index in [0.717, 1.165) is 3.84 Å². The van der Waals surface area contributed by atoms with Crippen LogP contribution in [0, 0.1) is 5.82 Å². The Labute approximate surface area is 69.7 Å². The Balaban J connectivity index is 2.99. The van der Waals surface area contributed by atoms with Crippen LogP contribution in [-0.2, 0) is 0 Å². The molecule has 2 nitrogen and oxygen atoms in total.